The van der Waals surface area contributed by atoms with Crippen LogP contribution in [0.3, 0.4) is 0 Å². The van der Waals surface area contributed by atoms with Crippen molar-refractivity contribution in [3.05, 3.63) is 40.4 Å². The second kappa shape index (κ2) is 10.4. The van der Waals surface area contributed by atoms with Crippen LogP contribution < -0.4 is 11.2 Å². The van der Waals surface area contributed by atoms with E-state index in [0.717, 1.165) is 18.9 Å². The molecule has 0 aromatic carbocycles. The number of ether oxygens (including phenoxy) is 1. The number of anilines is 1. The van der Waals surface area contributed by atoms with E-state index in [1.54, 1.807) is 18.3 Å². The van der Waals surface area contributed by atoms with Gasteiger partial charge in [-0.25, -0.2) is 9.97 Å². The fourth-order valence-electron chi connectivity index (χ4n) is 3.80. The molecule has 0 amide bonds. The highest BCUT2D eigenvalue weighted by Crippen LogP contribution is 2.34. The Bertz CT molecular complexity index is 1320. The van der Waals surface area contributed by atoms with Gasteiger partial charge in [-0.3, -0.25) is 4.79 Å². The van der Waals surface area contributed by atoms with Crippen molar-refractivity contribution < 1.29 is 9.84 Å². The van der Waals surface area contributed by atoms with E-state index in [-0.39, 0.29) is 5.43 Å². The van der Waals surface area contributed by atoms with Crippen LogP contribution in [0.2, 0.25) is 25.7 Å². The number of pyridine rings is 2. The molecule has 1 aliphatic rings. The maximum absolute atomic E-state index is 13.6. The Labute approximate surface area is 207 Å². The molecule has 3 heterocycles. The number of hydrogen-bond donors (Lipinski definition) is 2. The summed E-state index contributed by atoms with van der Waals surface area (Å²) < 4.78 is 9.68. The third-order valence-corrected chi connectivity index (χ3v) is 7.91. The molecule has 1 atom stereocenters. The molecule has 0 saturated heterocycles. The van der Waals surface area contributed by atoms with E-state index < -0.39 is 14.2 Å². The topological polar surface area (TPSA) is 108 Å². The van der Waals surface area contributed by atoms with Crippen LogP contribution in [-0.2, 0) is 18.0 Å². The molecule has 0 radical (unpaired) electrons. The minimum absolute atomic E-state index is 0.209. The summed E-state index contributed by atoms with van der Waals surface area (Å²) in [4.78, 5) is 22.8. The Hall–Kier alpha value is -2.93. The van der Waals surface area contributed by atoms with Crippen molar-refractivity contribution in [3.8, 4) is 23.2 Å². The second-order valence-electron chi connectivity index (χ2n) is 10.5. The van der Waals surface area contributed by atoms with Gasteiger partial charge in [0.2, 0.25) is 5.43 Å². The minimum Gasteiger partial charge on any atom is -0.384 e. The number of nitrogen functional groups attached to an aromatic ring is 1. The molecular weight excluding hydrogens is 458 g/mol. The van der Waals surface area contributed by atoms with Gasteiger partial charge in [-0.2, -0.15) is 0 Å². The van der Waals surface area contributed by atoms with Crippen LogP contribution in [0.4, 0.5) is 5.82 Å². The first-order valence-electron chi connectivity index (χ1n) is 12.3. The molecule has 4 rings (SSSR count). The summed E-state index contributed by atoms with van der Waals surface area (Å²) >= 11 is 0. The number of imidazole rings is 1. The highest BCUT2D eigenvalue weighted by atomic mass is 28.3. The van der Waals surface area contributed by atoms with Gasteiger partial charge in [0.1, 0.15) is 41.4 Å². The van der Waals surface area contributed by atoms with Gasteiger partial charge in [0.25, 0.3) is 0 Å². The molecule has 0 aliphatic heterocycles. The Balaban J connectivity index is 1.75. The number of aliphatic hydroxyl groups excluding tert-OH is 1. The van der Waals surface area contributed by atoms with Crippen molar-refractivity contribution in [3.63, 3.8) is 0 Å². The van der Waals surface area contributed by atoms with Gasteiger partial charge in [-0.15, -0.1) is 0 Å². The molecule has 1 aliphatic carbocycles. The standard InChI is InChI=1S/C26H35N5O3Si/c1-5-20(32)10-8-19-9-11-21-23(33)22(24(27)31(25(21)29-19)16-18-6-7-18)26-28-12-13-30(26)17-34-14-15-35(2,3)4/h9,11-13,18,20,32H,5-7,14-17,27H2,1-4H3. The summed E-state index contributed by atoms with van der Waals surface area (Å²) in [6, 6.07) is 4.53. The summed E-state index contributed by atoms with van der Waals surface area (Å²) in [6.45, 7) is 10.5. The number of fused-ring (bicyclic) bond motifs is 1. The lowest BCUT2D eigenvalue weighted by atomic mass is 10.1. The molecule has 3 aromatic heterocycles. The van der Waals surface area contributed by atoms with Crippen molar-refractivity contribution in [2.45, 2.75) is 71.3 Å². The van der Waals surface area contributed by atoms with E-state index in [0.29, 0.717) is 66.2 Å². The normalized spacial score (nSPS) is 14.7. The third-order valence-electron chi connectivity index (χ3n) is 6.21. The molecule has 0 bridgehead atoms. The van der Waals surface area contributed by atoms with Crippen LogP contribution in [0.1, 0.15) is 31.9 Å². The Morgan fingerprint density at radius 2 is 2.09 bits per heavy atom. The summed E-state index contributed by atoms with van der Waals surface area (Å²) in [6.07, 6.45) is 5.57. The van der Waals surface area contributed by atoms with Crippen molar-refractivity contribution in [2.24, 2.45) is 5.92 Å². The molecule has 8 nitrogen and oxygen atoms in total. The predicted molar refractivity (Wildman–Crippen MR) is 142 cm³/mol. The fraction of sp³-hybridized carbons (Fsp3) is 0.500. The highest BCUT2D eigenvalue weighted by molar-refractivity contribution is 6.76. The molecule has 1 unspecified atom stereocenters. The van der Waals surface area contributed by atoms with Gasteiger partial charge in [0.15, 0.2) is 0 Å². The summed E-state index contributed by atoms with van der Waals surface area (Å²) in [5.41, 5.74) is 7.83. The van der Waals surface area contributed by atoms with E-state index in [9.17, 15) is 9.90 Å². The number of nitrogens with zero attached hydrogens (tertiary/aromatic N) is 4. The summed E-state index contributed by atoms with van der Waals surface area (Å²) in [7, 11) is -1.20. The number of hydrogen-bond acceptors (Lipinski definition) is 6. The lowest BCUT2D eigenvalue weighted by molar-refractivity contribution is 0.0883. The molecule has 1 saturated carbocycles. The van der Waals surface area contributed by atoms with Crippen LogP contribution in [0.15, 0.2) is 29.3 Å². The predicted octanol–water partition coefficient (Wildman–Crippen LogP) is 3.69. The Kier molecular flexibility index (Phi) is 7.45. The zero-order valence-corrected chi connectivity index (χ0v) is 22.0. The SMILES string of the molecule is CCC(O)C#Cc1ccc2c(=O)c(-c3nccn3COCC[Si](C)(C)C)c(N)n(CC3CC3)c2n1. The zero-order valence-electron chi connectivity index (χ0n) is 21.0. The molecule has 186 valence electrons. The average molecular weight is 494 g/mol. The number of aliphatic hydroxyl groups is 1. The van der Waals surface area contributed by atoms with Crippen LogP contribution in [0.25, 0.3) is 22.4 Å². The van der Waals surface area contributed by atoms with Crippen molar-refractivity contribution in [1.29, 1.82) is 0 Å². The molecule has 9 heteroatoms. The van der Waals surface area contributed by atoms with Crippen LogP contribution in [-0.4, -0.2) is 45.0 Å². The van der Waals surface area contributed by atoms with Crippen LogP contribution in [0, 0.1) is 17.8 Å². The second-order valence-corrected chi connectivity index (χ2v) is 16.1. The lowest BCUT2D eigenvalue weighted by Gasteiger charge is -2.18. The first kappa shape index (κ1) is 25.2. The van der Waals surface area contributed by atoms with Gasteiger partial charge in [-0.05, 0) is 49.3 Å². The van der Waals surface area contributed by atoms with Crippen molar-refractivity contribution in [2.75, 3.05) is 12.3 Å². The van der Waals surface area contributed by atoms with E-state index in [4.69, 9.17) is 10.5 Å². The van der Waals surface area contributed by atoms with Crippen LogP contribution >= 0.6 is 0 Å². The molecule has 35 heavy (non-hydrogen) atoms. The first-order chi connectivity index (χ1) is 16.7. The smallest absolute Gasteiger partial charge is 0.204 e. The van der Waals surface area contributed by atoms with Gasteiger partial charge in [-0.1, -0.05) is 32.5 Å². The van der Waals surface area contributed by atoms with Crippen molar-refractivity contribution in [1.82, 2.24) is 19.1 Å². The van der Waals surface area contributed by atoms with E-state index in [2.05, 4.69) is 41.4 Å². The third kappa shape index (κ3) is 6.01. The fourth-order valence-corrected chi connectivity index (χ4v) is 4.56. The number of aromatic nitrogens is 4. The number of rotatable bonds is 9. The zero-order chi connectivity index (χ0) is 25.2. The maximum atomic E-state index is 13.6. The summed E-state index contributed by atoms with van der Waals surface area (Å²) in [5, 5.41) is 10.3. The molecule has 0 spiro atoms. The minimum atomic E-state index is -1.20. The first-order valence-corrected chi connectivity index (χ1v) is 16.0. The number of nitrogens with two attached hydrogens (primary N) is 1. The Morgan fingerprint density at radius 3 is 2.77 bits per heavy atom. The van der Waals surface area contributed by atoms with E-state index in [1.165, 1.54) is 0 Å². The van der Waals surface area contributed by atoms with Gasteiger partial charge in [0, 0.05) is 33.6 Å². The van der Waals surface area contributed by atoms with E-state index >= 15 is 0 Å². The molecule has 1 fully saturated rings. The van der Waals surface area contributed by atoms with Gasteiger partial charge >= 0.3 is 0 Å². The monoisotopic (exact) mass is 493 g/mol. The Morgan fingerprint density at radius 1 is 1.31 bits per heavy atom. The lowest BCUT2D eigenvalue weighted by Crippen LogP contribution is -2.23. The van der Waals surface area contributed by atoms with E-state index in [1.807, 2.05) is 22.3 Å². The molecule has 3 aromatic rings. The van der Waals surface area contributed by atoms with Crippen LogP contribution in [0.5, 0.6) is 0 Å². The van der Waals surface area contributed by atoms with Crippen molar-refractivity contribution >= 4 is 24.9 Å². The molecular formula is C26H35N5O3Si. The maximum Gasteiger partial charge on any atom is 0.204 e. The molecule has 3 N–H and O–H groups in total. The van der Waals surface area contributed by atoms with Gasteiger partial charge in [0.05, 0.1) is 5.39 Å². The van der Waals surface area contributed by atoms with Gasteiger partial charge < -0.3 is 24.7 Å². The largest absolute Gasteiger partial charge is 0.384 e. The quantitative estimate of drug-likeness (QED) is 0.267. The average Bonchev–Trinajstić information content (AvgIpc) is 3.53. The highest BCUT2D eigenvalue weighted by Gasteiger charge is 2.27. The summed E-state index contributed by atoms with van der Waals surface area (Å²) in [5.74, 6) is 7.08.